The molecule has 0 saturated carbocycles. The highest BCUT2D eigenvalue weighted by atomic mass is 35.5. The second kappa shape index (κ2) is 8.81. The van der Waals surface area contributed by atoms with E-state index in [4.69, 9.17) is 11.6 Å². The van der Waals surface area contributed by atoms with Crippen LogP contribution >= 0.6 is 11.6 Å². The molecule has 3 aromatic rings. The lowest BCUT2D eigenvalue weighted by atomic mass is 10.2. The van der Waals surface area contributed by atoms with Crippen molar-refractivity contribution < 1.29 is 9.59 Å². The Hall–Kier alpha value is -3.39. The molecular formula is C18H17ClN6O2. The molecule has 0 atom stereocenters. The maximum Gasteiger partial charge on any atom is 0.315 e. The summed E-state index contributed by atoms with van der Waals surface area (Å²) in [6, 6.07) is 13.8. The largest absolute Gasteiger partial charge is 0.334 e. The minimum absolute atomic E-state index is 0.139. The number of urea groups is 1. The van der Waals surface area contributed by atoms with Crippen LogP contribution in [0.2, 0.25) is 5.02 Å². The fourth-order valence-corrected chi connectivity index (χ4v) is 2.38. The van der Waals surface area contributed by atoms with Gasteiger partial charge in [0.05, 0.1) is 12.2 Å². The third-order valence-electron chi connectivity index (χ3n) is 3.61. The van der Waals surface area contributed by atoms with Crippen molar-refractivity contribution in [3.63, 3.8) is 0 Å². The number of hydrogen-bond donors (Lipinski definition) is 3. The summed E-state index contributed by atoms with van der Waals surface area (Å²) in [5, 5.41) is 12.5. The van der Waals surface area contributed by atoms with Crippen LogP contribution < -0.4 is 16.0 Å². The van der Waals surface area contributed by atoms with E-state index in [1.165, 1.54) is 6.33 Å². The van der Waals surface area contributed by atoms with Crippen molar-refractivity contribution in [1.29, 1.82) is 0 Å². The zero-order valence-corrected chi connectivity index (χ0v) is 15.0. The van der Waals surface area contributed by atoms with Crippen molar-refractivity contribution in [3.05, 3.63) is 71.8 Å². The van der Waals surface area contributed by atoms with Crippen LogP contribution in [0.3, 0.4) is 0 Å². The molecule has 3 N–H and O–H groups in total. The molecule has 0 unspecified atom stereocenters. The molecule has 2 aromatic carbocycles. The predicted octanol–water partition coefficient (Wildman–Crippen LogP) is 2.36. The molecule has 1 aromatic heterocycles. The first-order valence-corrected chi connectivity index (χ1v) is 8.49. The molecule has 27 heavy (non-hydrogen) atoms. The molecule has 0 aliphatic rings. The van der Waals surface area contributed by atoms with E-state index in [-0.39, 0.29) is 12.5 Å². The van der Waals surface area contributed by atoms with Crippen LogP contribution in [0.4, 0.5) is 10.5 Å². The van der Waals surface area contributed by atoms with Crippen molar-refractivity contribution in [1.82, 2.24) is 25.4 Å². The predicted molar refractivity (Wildman–Crippen MR) is 102 cm³/mol. The standard InChI is InChI=1S/C18H17ClN6O2/c19-14-3-5-15(6-4-14)24-17(26)10-22-18(27)21-9-13-1-7-16(8-2-13)25-12-20-11-23-25/h1-8,11-12H,9-10H2,(H,24,26)(H2,21,22,27). The Morgan fingerprint density at radius 3 is 2.41 bits per heavy atom. The van der Waals surface area contributed by atoms with E-state index in [1.54, 1.807) is 35.3 Å². The quantitative estimate of drug-likeness (QED) is 0.607. The summed E-state index contributed by atoms with van der Waals surface area (Å²) < 4.78 is 1.64. The van der Waals surface area contributed by atoms with E-state index >= 15 is 0 Å². The third-order valence-corrected chi connectivity index (χ3v) is 3.86. The first kappa shape index (κ1) is 18.4. The molecule has 0 bridgehead atoms. The maximum atomic E-state index is 11.8. The third kappa shape index (κ3) is 5.55. The lowest BCUT2D eigenvalue weighted by Gasteiger charge is -2.09. The molecule has 1 heterocycles. The fourth-order valence-electron chi connectivity index (χ4n) is 2.25. The number of benzene rings is 2. The van der Waals surface area contributed by atoms with Crippen LogP contribution in [0, 0.1) is 0 Å². The van der Waals surface area contributed by atoms with Crippen molar-refractivity contribution in [3.8, 4) is 5.69 Å². The van der Waals surface area contributed by atoms with Crippen molar-refractivity contribution in [2.24, 2.45) is 0 Å². The van der Waals surface area contributed by atoms with Crippen LogP contribution in [0.1, 0.15) is 5.56 Å². The van der Waals surface area contributed by atoms with Crippen LogP contribution in [0.15, 0.2) is 61.2 Å². The van der Waals surface area contributed by atoms with Gasteiger partial charge in [-0.05, 0) is 42.0 Å². The van der Waals surface area contributed by atoms with Crippen LogP contribution in [0.25, 0.3) is 5.69 Å². The second-order valence-corrected chi connectivity index (χ2v) is 6.03. The highest BCUT2D eigenvalue weighted by molar-refractivity contribution is 6.30. The number of nitrogens with one attached hydrogen (secondary N) is 3. The average Bonchev–Trinajstić information content (AvgIpc) is 3.22. The van der Waals surface area contributed by atoms with E-state index in [1.807, 2.05) is 24.3 Å². The Kier molecular flexibility index (Phi) is 6.01. The number of carbonyl (C=O) groups excluding carboxylic acids is 2. The van der Waals surface area contributed by atoms with Gasteiger partial charge < -0.3 is 16.0 Å². The minimum Gasteiger partial charge on any atom is -0.334 e. The molecule has 0 fully saturated rings. The number of rotatable bonds is 6. The monoisotopic (exact) mass is 384 g/mol. The van der Waals surface area contributed by atoms with Gasteiger partial charge in [-0.1, -0.05) is 23.7 Å². The van der Waals surface area contributed by atoms with E-state index in [0.29, 0.717) is 17.3 Å². The molecule has 138 valence electrons. The number of aromatic nitrogens is 3. The van der Waals surface area contributed by atoms with Gasteiger partial charge in [0.2, 0.25) is 5.91 Å². The van der Waals surface area contributed by atoms with Gasteiger partial charge in [0.25, 0.3) is 0 Å². The van der Waals surface area contributed by atoms with E-state index < -0.39 is 6.03 Å². The van der Waals surface area contributed by atoms with Gasteiger partial charge in [-0.3, -0.25) is 4.79 Å². The van der Waals surface area contributed by atoms with Gasteiger partial charge in [0.1, 0.15) is 12.7 Å². The van der Waals surface area contributed by atoms with Crippen molar-refractivity contribution in [2.45, 2.75) is 6.54 Å². The Morgan fingerprint density at radius 2 is 1.74 bits per heavy atom. The Balaban J connectivity index is 1.40. The Bertz CT molecular complexity index is 895. The SMILES string of the molecule is O=C(CNC(=O)NCc1ccc(-n2cncn2)cc1)Nc1ccc(Cl)cc1. The van der Waals surface area contributed by atoms with E-state index in [9.17, 15) is 9.59 Å². The lowest BCUT2D eigenvalue weighted by Crippen LogP contribution is -2.39. The summed E-state index contributed by atoms with van der Waals surface area (Å²) in [5.74, 6) is -0.329. The first-order valence-electron chi connectivity index (χ1n) is 8.11. The maximum absolute atomic E-state index is 11.8. The summed E-state index contributed by atoms with van der Waals surface area (Å²) in [6.45, 7) is 0.196. The summed E-state index contributed by atoms with van der Waals surface area (Å²) in [7, 11) is 0. The van der Waals surface area contributed by atoms with Gasteiger partial charge in [-0.25, -0.2) is 14.5 Å². The summed E-state index contributed by atoms with van der Waals surface area (Å²) in [6.07, 6.45) is 3.07. The smallest absolute Gasteiger partial charge is 0.315 e. The van der Waals surface area contributed by atoms with Gasteiger partial charge in [-0.15, -0.1) is 0 Å². The van der Waals surface area contributed by atoms with Gasteiger partial charge in [0.15, 0.2) is 0 Å². The Morgan fingerprint density at radius 1 is 1.00 bits per heavy atom. The zero-order valence-electron chi connectivity index (χ0n) is 14.2. The van der Waals surface area contributed by atoms with Gasteiger partial charge >= 0.3 is 6.03 Å². The number of nitrogens with zero attached hydrogens (tertiary/aromatic N) is 3. The molecule has 0 spiro atoms. The normalized spacial score (nSPS) is 10.3. The van der Waals surface area contributed by atoms with Crippen LogP contribution in [-0.4, -0.2) is 33.2 Å². The van der Waals surface area contributed by atoms with Crippen LogP contribution in [0.5, 0.6) is 0 Å². The summed E-state index contributed by atoms with van der Waals surface area (Å²) in [5.41, 5.74) is 2.40. The summed E-state index contributed by atoms with van der Waals surface area (Å²) in [4.78, 5) is 27.5. The number of anilines is 1. The molecular weight excluding hydrogens is 368 g/mol. The van der Waals surface area contributed by atoms with Crippen molar-refractivity contribution in [2.75, 3.05) is 11.9 Å². The number of halogens is 1. The van der Waals surface area contributed by atoms with E-state index in [2.05, 4.69) is 26.0 Å². The molecule has 0 aliphatic carbocycles. The van der Waals surface area contributed by atoms with Gasteiger partial charge in [0, 0.05) is 17.3 Å². The first-order chi connectivity index (χ1) is 13.1. The molecule has 9 heteroatoms. The molecule has 0 saturated heterocycles. The van der Waals surface area contributed by atoms with Crippen molar-refractivity contribution >= 4 is 29.2 Å². The molecule has 0 aliphatic heterocycles. The number of amides is 3. The van der Waals surface area contributed by atoms with E-state index in [0.717, 1.165) is 11.3 Å². The fraction of sp³-hybridized carbons (Fsp3) is 0.111. The number of carbonyl (C=O) groups is 2. The average molecular weight is 385 g/mol. The number of hydrogen-bond acceptors (Lipinski definition) is 4. The second-order valence-electron chi connectivity index (χ2n) is 5.60. The van der Waals surface area contributed by atoms with Crippen LogP contribution in [-0.2, 0) is 11.3 Å². The molecule has 0 radical (unpaired) electrons. The summed E-state index contributed by atoms with van der Waals surface area (Å²) >= 11 is 5.79. The highest BCUT2D eigenvalue weighted by Crippen LogP contribution is 2.13. The zero-order chi connectivity index (χ0) is 19.1. The van der Waals surface area contributed by atoms with Gasteiger partial charge in [-0.2, -0.15) is 5.10 Å². The lowest BCUT2D eigenvalue weighted by molar-refractivity contribution is -0.115. The Labute approximate surface area is 160 Å². The minimum atomic E-state index is -0.429. The topological polar surface area (TPSA) is 101 Å². The highest BCUT2D eigenvalue weighted by Gasteiger charge is 2.06. The molecule has 8 nitrogen and oxygen atoms in total. The molecule has 3 rings (SSSR count). The molecule has 3 amide bonds.